The van der Waals surface area contributed by atoms with E-state index in [1.165, 1.54) is 0 Å². The summed E-state index contributed by atoms with van der Waals surface area (Å²) < 4.78 is 5.35. The van der Waals surface area contributed by atoms with Gasteiger partial charge >= 0.3 is 0 Å². The van der Waals surface area contributed by atoms with Crippen LogP contribution in [0.25, 0.3) is 10.8 Å². The van der Waals surface area contributed by atoms with E-state index in [2.05, 4.69) is 15.5 Å². The monoisotopic (exact) mass is 231 g/mol. The number of nitrogens with one attached hydrogen (secondary N) is 1. The Hall–Kier alpha value is -2.17. The van der Waals surface area contributed by atoms with E-state index in [1.54, 1.807) is 6.20 Å². The molecule has 88 valence electrons. The maximum atomic E-state index is 11.3. The first-order chi connectivity index (χ1) is 8.31. The predicted octanol–water partition coefficient (Wildman–Crippen LogP) is 1.14. The van der Waals surface area contributed by atoms with E-state index in [9.17, 15) is 4.79 Å². The second-order valence-corrected chi connectivity index (χ2v) is 3.48. The largest absolute Gasteiger partial charge is 0.466 e. The lowest BCUT2D eigenvalue weighted by Crippen LogP contribution is -2.28. The number of carbonyl (C=O) groups excluding carboxylic acids is 1. The number of carbonyl (C=O) groups is 1. The Kier molecular flexibility index (Phi) is 3.49. The lowest BCUT2D eigenvalue weighted by atomic mass is 10.2. The van der Waals surface area contributed by atoms with Crippen molar-refractivity contribution in [3.05, 3.63) is 30.5 Å². The normalized spacial score (nSPS) is 10.2. The Labute approximate surface area is 98.8 Å². The highest BCUT2D eigenvalue weighted by Crippen LogP contribution is 2.20. The summed E-state index contributed by atoms with van der Waals surface area (Å²) in [7, 11) is 0. The topological polar surface area (TPSA) is 64.1 Å². The van der Waals surface area contributed by atoms with Crippen LogP contribution in [0.2, 0.25) is 0 Å². The fourth-order valence-electron chi connectivity index (χ4n) is 1.49. The molecule has 0 bridgehead atoms. The molecule has 1 aromatic heterocycles. The molecule has 0 saturated heterocycles. The van der Waals surface area contributed by atoms with Crippen molar-refractivity contribution < 1.29 is 9.53 Å². The molecule has 1 aromatic carbocycles. The first kappa shape index (κ1) is 11.3. The van der Waals surface area contributed by atoms with Crippen LogP contribution in [0.3, 0.4) is 0 Å². The van der Waals surface area contributed by atoms with Crippen LogP contribution in [0.1, 0.15) is 6.92 Å². The lowest BCUT2D eigenvalue weighted by Gasteiger charge is -2.06. The SMILES string of the molecule is CCNC(=O)COc1nncc2ccccc12. The maximum absolute atomic E-state index is 11.3. The van der Waals surface area contributed by atoms with Crippen molar-refractivity contribution in [2.24, 2.45) is 0 Å². The summed E-state index contributed by atoms with van der Waals surface area (Å²) in [5.74, 6) is 0.219. The van der Waals surface area contributed by atoms with E-state index in [0.717, 1.165) is 10.8 Å². The summed E-state index contributed by atoms with van der Waals surface area (Å²) in [5, 5.41) is 12.2. The van der Waals surface area contributed by atoms with Crippen LogP contribution < -0.4 is 10.1 Å². The smallest absolute Gasteiger partial charge is 0.257 e. The van der Waals surface area contributed by atoms with Gasteiger partial charge in [0.1, 0.15) is 0 Å². The van der Waals surface area contributed by atoms with Crippen molar-refractivity contribution >= 4 is 16.7 Å². The van der Waals surface area contributed by atoms with Gasteiger partial charge in [0.25, 0.3) is 5.91 Å². The van der Waals surface area contributed by atoms with Crippen molar-refractivity contribution in [2.45, 2.75) is 6.92 Å². The summed E-state index contributed by atoms with van der Waals surface area (Å²) in [6, 6.07) is 7.61. The van der Waals surface area contributed by atoms with E-state index in [4.69, 9.17) is 4.74 Å². The molecular weight excluding hydrogens is 218 g/mol. The van der Waals surface area contributed by atoms with Crippen LogP contribution in [0.4, 0.5) is 0 Å². The van der Waals surface area contributed by atoms with Gasteiger partial charge in [-0.1, -0.05) is 18.2 Å². The average molecular weight is 231 g/mol. The molecule has 0 unspecified atom stereocenters. The summed E-state index contributed by atoms with van der Waals surface area (Å²) in [4.78, 5) is 11.3. The highest BCUT2D eigenvalue weighted by molar-refractivity contribution is 5.86. The minimum absolute atomic E-state index is 0.0451. The summed E-state index contributed by atoms with van der Waals surface area (Å²) >= 11 is 0. The molecule has 0 atom stereocenters. The molecule has 0 aliphatic heterocycles. The van der Waals surface area contributed by atoms with Crippen LogP contribution in [0.5, 0.6) is 5.88 Å². The van der Waals surface area contributed by atoms with Crippen molar-refractivity contribution in [3.8, 4) is 5.88 Å². The Bertz CT molecular complexity index is 523. The standard InChI is InChI=1S/C12H13N3O2/c1-2-13-11(16)8-17-12-10-6-4-3-5-9(10)7-14-15-12/h3-7H,2,8H2,1H3,(H,13,16). The molecule has 1 amide bonds. The van der Waals surface area contributed by atoms with Gasteiger partial charge in [-0.2, -0.15) is 5.10 Å². The van der Waals surface area contributed by atoms with Crippen LogP contribution in [-0.2, 0) is 4.79 Å². The summed E-state index contributed by atoms with van der Waals surface area (Å²) in [6.07, 6.45) is 1.66. The van der Waals surface area contributed by atoms with Gasteiger partial charge in [0.2, 0.25) is 5.88 Å². The summed E-state index contributed by atoms with van der Waals surface area (Å²) in [5.41, 5.74) is 0. The molecule has 0 saturated carbocycles. The minimum atomic E-state index is -0.165. The third-order valence-electron chi connectivity index (χ3n) is 2.25. The number of fused-ring (bicyclic) bond motifs is 1. The number of hydrogen-bond acceptors (Lipinski definition) is 4. The first-order valence-electron chi connectivity index (χ1n) is 5.41. The van der Waals surface area contributed by atoms with Gasteiger partial charge in [-0.25, -0.2) is 0 Å². The second kappa shape index (κ2) is 5.25. The molecule has 5 heteroatoms. The Morgan fingerprint density at radius 2 is 2.24 bits per heavy atom. The molecule has 0 radical (unpaired) electrons. The van der Waals surface area contributed by atoms with E-state index >= 15 is 0 Å². The van der Waals surface area contributed by atoms with Crippen molar-refractivity contribution in [2.75, 3.05) is 13.2 Å². The van der Waals surface area contributed by atoms with E-state index in [1.807, 2.05) is 31.2 Å². The van der Waals surface area contributed by atoms with Crippen LogP contribution >= 0.6 is 0 Å². The molecule has 2 rings (SSSR count). The van der Waals surface area contributed by atoms with Gasteiger partial charge in [0.05, 0.1) is 6.20 Å². The molecule has 0 aliphatic rings. The van der Waals surface area contributed by atoms with Crippen molar-refractivity contribution in [1.29, 1.82) is 0 Å². The molecule has 5 nitrogen and oxygen atoms in total. The molecular formula is C12H13N3O2. The van der Waals surface area contributed by atoms with Crippen molar-refractivity contribution in [3.63, 3.8) is 0 Å². The zero-order valence-corrected chi connectivity index (χ0v) is 9.51. The highest BCUT2D eigenvalue weighted by atomic mass is 16.5. The zero-order valence-electron chi connectivity index (χ0n) is 9.51. The summed E-state index contributed by atoms with van der Waals surface area (Å²) in [6.45, 7) is 2.40. The number of ether oxygens (including phenoxy) is 1. The van der Waals surface area contributed by atoms with Gasteiger partial charge in [-0.15, -0.1) is 5.10 Å². The zero-order chi connectivity index (χ0) is 12.1. The van der Waals surface area contributed by atoms with Gasteiger partial charge in [-0.3, -0.25) is 4.79 Å². The second-order valence-electron chi connectivity index (χ2n) is 3.48. The Morgan fingerprint density at radius 1 is 1.41 bits per heavy atom. The quantitative estimate of drug-likeness (QED) is 0.857. The van der Waals surface area contributed by atoms with E-state index in [0.29, 0.717) is 12.4 Å². The number of hydrogen-bond donors (Lipinski definition) is 1. The predicted molar refractivity (Wildman–Crippen MR) is 63.7 cm³/mol. The molecule has 1 N–H and O–H groups in total. The fourth-order valence-corrected chi connectivity index (χ4v) is 1.49. The lowest BCUT2D eigenvalue weighted by molar-refractivity contribution is -0.123. The van der Waals surface area contributed by atoms with Crippen LogP contribution in [0.15, 0.2) is 30.5 Å². The molecule has 17 heavy (non-hydrogen) atoms. The molecule has 1 heterocycles. The molecule has 0 fully saturated rings. The minimum Gasteiger partial charge on any atom is -0.466 e. The van der Waals surface area contributed by atoms with Gasteiger partial charge in [0.15, 0.2) is 6.61 Å². The van der Waals surface area contributed by atoms with Crippen LogP contribution in [0, 0.1) is 0 Å². The number of aromatic nitrogens is 2. The number of nitrogens with zero attached hydrogens (tertiary/aromatic N) is 2. The number of benzene rings is 1. The number of amides is 1. The third kappa shape index (κ3) is 2.69. The number of likely N-dealkylation sites (N-methyl/N-ethyl adjacent to an activating group) is 1. The van der Waals surface area contributed by atoms with E-state index in [-0.39, 0.29) is 12.5 Å². The van der Waals surface area contributed by atoms with Gasteiger partial charge in [0, 0.05) is 17.3 Å². The third-order valence-corrected chi connectivity index (χ3v) is 2.25. The molecule has 2 aromatic rings. The highest BCUT2D eigenvalue weighted by Gasteiger charge is 2.06. The number of rotatable bonds is 4. The van der Waals surface area contributed by atoms with Gasteiger partial charge < -0.3 is 10.1 Å². The Morgan fingerprint density at radius 3 is 3.06 bits per heavy atom. The average Bonchev–Trinajstić information content (AvgIpc) is 2.36. The first-order valence-corrected chi connectivity index (χ1v) is 5.41. The maximum Gasteiger partial charge on any atom is 0.257 e. The molecule has 0 spiro atoms. The Balaban J connectivity index is 2.16. The van der Waals surface area contributed by atoms with E-state index < -0.39 is 0 Å². The van der Waals surface area contributed by atoms with Crippen LogP contribution in [-0.4, -0.2) is 29.3 Å². The molecule has 0 aliphatic carbocycles. The fraction of sp³-hybridized carbons (Fsp3) is 0.250. The van der Waals surface area contributed by atoms with Gasteiger partial charge in [-0.05, 0) is 13.0 Å². The van der Waals surface area contributed by atoms with Crippen molar-refractivity contribution in [1.82, 2.24) is 15.5 Å².